The van der Waals surface area contributed by atoms with E-state index in [0.29, 0.717) is 0 Å². The van der Waals surface area contributed by atoms with Crippen LogP contribution in [0.25, 0.3) is 0 Å². The predicted octanol–water partition coefficient (Wildman–Crippen LogP) is 7.95. The van der Waals surface area contributed by atoms with Crippen LogP contribution >= 0.6 is 0 Å². The summed E-state index contributed by atoms with van der Waals surface area (Å²) in [7, 11) is -3.64. The molecule has 0 saturated carbocycles. The molecule has 0 amide bonds. The lowest BCUT2D eigenvalue weighted by Crippen LogP contribution is -2.43. The second kappa shape index (κ2) is 7.56. The minimum atomic E-state index is -1.82. The molecule has 30 heavy (non-hydrogen) atoms. The van der Waals surface area contributed by atoms with E-state index in [1.54, 1.807) is 0 Å². The van der Waals surface area contributed by atoms with Crippen molar-refractivity contribution in [1.82, 2.24) is 0 Å². The molecule has 0 unspecified atom stereocenters. The van der Waals surface area contributed by atoms with E-state index in [-0.39, 0.29) is 10.1 Å². The minimum absolute atomic E-state index is 0.204. The van der Waals surface area contributed by atoms with Gasteiger partial charge in [0.1, 0.15) is 11.5 Å². The van der Waals surface area contributed by atoms with Gasteiger partial charge in [0, 0.05) is 0 Å². The first kappa shape index (κ1) is 23.1. The zero-order chi connectivity index (χ0) is 22.5. The zero-order valence-corrected chi connectivity index (χ0v) is 22.7. The largest absolute Gasteiger partial charge is 0.543 e. The Morgan fingerprint density at radius 3 is 1.20 bits per heavy atom. The Morgan fingerprint density at radius 1 is 0.567 bits per heavy atom. The first-order valence-corrected chi connectivity index (χ1v) is 17.0. The highest BCUT2D eigenvalue weighted by molar-refractivity contribution is 6.75. The molecule has 0 spiro atoms. The third kappa shape index (κ3) is 4.70. The summed E-state index contributed by atoms with van der Waals surface area (Å²) in [5, 5.41) is 0.409. The molecule has 0 aliphatic heterocycles. The molecule has 0 saturated heterocycles. The summed E-state index contributed by atoms with van der Waals surface area (Å²) in [4.78, 5) is 0. The van der Waals surface area contributed by atoms with Crippen LogP contribution in [0.1, 0.15) is 63.8 Å². The van der Waals surface area contributed by atoms with Gasteiger partial charge in [0.15, 0.2) is 0 Å². The second-order valence-corrected chi connectivity index (χ2v) is 21.4. The Bertz CT molecular complexity index is 854. The molecule has 0 aromatic heterocycles. The highest BCUT2D eigenvalue weighted by Gasteiger charge is 2.40. The van der Waals surface area contributed by atoms with Crippen molar-refractivity contribution in [3.63, 3.8) is 0 Å². The number of hydrogen-bond acceptors (Lipinski definition) is 2. The fourth-order valence-electron chi connectivity index (χ4n) is 3.31. The summed E-state index contributed by atoms with van der Waals surface area (Å²) in [5.41, 5.74) is 5.62. The van der Waals surface area contributed by atoms with Gasteiger partial charge in [-0.2, -0.15) is 0 Å². The van der Waals surface area contributed by atoms with Crippen molar-refractivity contribution in [2.45, 2.75) is 90.6 Å². The lowest BCUT2D eigenvalue weighted by atomic mass is 9.86. The van der Waals surface area contributed by atoms with E-state index in [9.17, 15) is 0 Å². The molecule has 0 bridgehead atoms. The summed E-state index contributed by atoms with van der Waals surface area (Å²) >= 11 is 0. The topological polar surface area (TPSA) is 18.5 Å². The van der Waals surface area contributed by atoms with Crippen molar-refractivity contribution in [2.75, 3.05) is 0 Å². The fourth-order valence-corrected chi connectivity index (χ4v) is 5.36. The maximum Gasteiger partial charge on any atom is 0.250 e. The Hall–Kier alpha value is -1.53. The van der Waals surface area contributed by atoms with E-state index < -0.39 is 16.6 Å². The molecule has 1 aliphatic rings. The summed E-state index contributed by atoms with van der Waals surface area (Å²) in [6.07, 6.45) is 1.94. The Kier molecular flexibility index (Phi) is 5.83. The maximum absolute atomic E-state index is 6.55. The Morgan fingerprint density at radius 2 is 0.900 bits per heavy atom. The van der Waals surface area contributed by atoms with E-state index in [1.807, 2.05) is 0 Å². The molecule has 0 N–H and O–H groups in total. The molecule has 3 rings (SSSR count). The van der Waals surface area contributed by atoms with Crippen LogP contribution in [0.4, 0.5) is 0 Å². The van der Waals surface area contributed by atoms with E-state index in [4.69, 9.17) is 8.85 Å². The fraction of sp³-hybridized carbons (Fsp3) is 0.538. The van der Waals surface area contributed by atoms with Gasteiger partial charge in [0.25, 0.3) is 0 Å². The molecule has 0 radical (unpaired) electrons. The first-order valence-electron chi connectivity index (χ1n) is 11.2. The van der Waals surface area contributed by atoms with Gasteiger partial charge in [-0.15, -0.1) is 0 Å². The average Bonchev–Trinajstić information content (AvgIpc) is 2.57. The van der Waals surface area contributed by atoms with Gasteiger partial charge in [-0.05, 0) is 95.6 Å². The quantitative estimate of drug-likeness (QED) is 0.383. The van der Waals surface area contributed by atoms with Gasteiger partial charge in [-0.25, -0.2) is 0 Å². The molecule has 1 aliphatic carbocycles. The molecular formula is C26H40O2Si2. The summed E-state index contributed by atoms with van der Waals surface area (Å²) < 4.78 is 13.1. The average molecular weight is 441 g/mol. The summed E-state index contributed by atoms with van der Waals surface area (Å²) in [6, 6.07) is 13.4. The number of benzene rings is 2. The molecule has 164 valence electrons. The van der Waals surface area contributed by atoms with Crippen LogP contribution in [0.2, 0.25) is 36.3 Å². The lowest BCUT2D eigenvalue weighted by Gasteiger charge is -2.37. The van der Waals surface area contributed by atoms with Crippen LogP contribution in [0, 0.1) is 0 Å². The smallest absolute Gasteiger partial charge is 0.250 e. The van der Waals surface area contributed by atoms with E-state index in [1.165, 1.54) is 22.3 Å². The van der Waals surface area contributed by atoms with Gasteiger partial charge in [0.05, 0.1) is 0 Å². The SMILES string of the molecule is CC(C)(C)[Si](C)(C)Oc1ccc2c(c1)Cc1ccc(O[Si](C)(C)C(C)(C)C)cc1C2. The molecule has 2 nitrogen and oxygen atoms in total. The van der Waals surface area contributed by atoms with Crippen molar-refractivity contribution < 1.29 is 8.85 Å². The van der Waals surface area contributed by atoms with Crippen molar-refractivity contribution in [2.24, 2.45) is 0 Å². The molecular weight excluding hydrogens is 400 g/mol. The summed E-state index contributed by atoms with van der Waals surface area (Å²) in [6.45, 7) is 23.0. The van der Waals surface area contributed by atoms with E-state index in [2.05, 4.69) is 104 Å². The maximum atomic E-state index is 6.55. The van der Waals surface area contributed by atoms with Crippen LogP contribution in [0.5, 0.6) is 11.5 Å². The molecule has 2 aromatic carbocycles. The van der Waals surface area contributed by atoms with Crippen molar-refractivity contribution in [3.8, 4) is 11.5 Å². The number of rotatable bonds is 4. The van der Waals surface area contributed by atoms with Crippen LogP contribution in [-0.2, 0) is 12.8 Å². The van der Waals surface area contributed by atoms with Crippen molar-refractivity contribution in [3.05, 3.63) is 58.7 Å². The molecule has 2 aromatic rings. The first-order chi connectivity index (χ1) is 13.6. The highest BCUT2D eigenvalue weighted by Crippen LogP contribution is 2.40. The standard InChI is InChI=1S/C26H40O2Si2/c1-25(2,3)29(7,8)27-23-13-11-19-16-22-18-24(28-30(9,10)26(4,5)6)14-12-20(22)15-21(19)17-23/h11-14,17-18H,15-16H2,1-10H3. The zero-order valence-electron chi connectivity index (χ0n) is 20.7. The van der Waals surface area contributed by atoms with Gasteiger partial charge in [-0.3, -0.25) is 0 Å². The van der Waals surface area contributed by atoms with Crippen LogP contribution in [0.15, 0.2) is 36.4 Å². The van der Waals surface area contributed by atoms with E-state index in [0.717, 1.165) is 24.3 Å². The van der Waals surface area contributed by atoms with Crippen LogP contribution in [-0.4, -0.2) is 16.6 Å². The molecule has 0 heterocycles. The minimum Gasteiger partial charge on any atom is -0.543 e. The third-order valence-electron chi connectivity index (χ3n) is 7.48. The van der Waals surface area contributed by atoms with E-state index >= 15 is 0 Å². The van der Waals surface area contributed by atoms with Crippen LogP contribution in [0.3, 0.4) is 0 Å². The van der Waals surface area contributed by atoms with Crippen LogP contribution < -0.4 is 8.85 Å². The number of hydrogen-bond donors (Lipinski definition) is 0. The van der Waals surface area contributed by atoms with Gasteiger partial charge < -0.3 is 8.85 Å². The van der Waals surface area contributed by atoms with Gasteiger partial charge in [-0.1, -0.05) is 53.7 Å². The number of fused-ring (bicyclic) bond motifs is 2. The van der Waals surface area contributed by atoms with Gasteiger partial charge in [0.2, 0.25) is 16.6 Å². The monoisotopic (exact) mass is 440 g/mol. The van der Waals surface area contributed by atoms with Crippen molar-refractivity contribution >= 4 is 16.6 Å². The normalized spacial score (nSPS) is 14.7. The highest BCUT2D eigenvalue weighted by atomic mass is 28.4. The Balaban J connectivity index is 1.81. The lowest BCUT2D eigenvalue weighted by molar-refractivity contribution is 0.490. The Labute approximate surface area is 186 Å². The molecule has 0 fully saturated rings. The van der Waals surface area contributed by atoms with Crippen molar-refractivity contribution in [1.29, 1.82) is 0 Å². The predicted molar refractivity (Wildman–Crippen MR) is 134 cm³/mol. The summed E-state index contributed by atoms with van der Waals surface area (Å²) in [5.74, 6) is 2.06. The van der Waals surface area contributed by atoms with Gasteiger partial charge >= 0.3 is 0 Å². The second-order valence-electron chi connectivity index (χ2n) is 11.9. The third-order valence-corrected chi connectivity index (χ3v) is 16.2. The molecule has 4 heteroatoms. The molecule has 0 atom stereocenters.